The normalized spacial score (nSPS) is 14.5. The molecule has 1 aliphatic heterocycles. The van der Waals surface area contributed by atoms with Crippen molar-refractivity contribution in [3.63, 3.8) is 0 Å². The molecule has 9 heteroatoms. The molecule has 1 aromatic heterocycles. The van der Waals surface area contributed by atoms with Crippen molar-refractivity contribution in [2.45, 2.75) is 13.0 Å². The number of anilines is 1. The van der Waals surface area contributed by atoms with Crippen LogP contribution >= 0.6 is 0 Å². The molecule has 5 rings (SSSR count). The topological polar surface area (TPSA) is 106 Å². The molecular formula is C27H23N5O4. The lowest BCUT2D eigenvalue weighted by molar-refractivity contribution is -0.128. The third-order valence-corrected chi connectivity index (χ3v) is 5.72. The van der Waals surface area contributed by atoms with Gasteiger partial charge in [0.15, 0.2) is 6.10 Å². The smallest absolute Gasteiger partial charge is 0.273 e. The SMILES string of the molecule is CC1Oc2ccccc2N(CC(=O)NNC(=O)c2cn(-c3ccccc3)nc2-c2ccccc2)C1=O. The fraction of sp³-hybridized carbons (Fsp3) is 0.111. The number of benzene rings is 3. The Hall–Kier alpha value is -4.92. The number of hydrogen-bond donors (Lipinski definition) is 2. The predicted molar refractivity (Wildman–Crippen MR) is 133 cm³/mol. The number of amides is 3. The summed E-state index contributed by atoms with van der Waals surface area (Å²) in [6.07, 6.45) is 0.891. The lowest BCUT2D eigenvalue weighted by Gasteiger charge is -2.32. The van der Waals surface area contributed by atoms with E-state index in [0.717, 1.165) is 11.3 Å². The van der Waals surface area contributed by atoms with E-state index in [-0.39, 0.29) is 18.0 Å². The number of ether oxygens (including phenoxy) is 1. The van der Waals surface area contributed by atoms with Gasteiger partial charge in [0, 0.05) is 11.8 Å². The lowest BCUT2D eigenvalue weighted by Crippen LogP contribution is -2.51. The van der Waals surface area contributed by atoms with Crippen molar-refractivity contribution in [1.29, 1.82) is 0 Å². The van der Waals surface area contributed by atoms with Gasteiger partial charge in [-0.05, 0) is 31.2 Å². The second-order valence-corrected chi connectivity index (χ2v) is 8.19. The molecule has 0 bridgehead atoms. The number of carbonyl (C=O) groups is 3. The standard InChI is InChI=1S/C27H23N5O4/c1-18-27(35)31(22-14-8-9-15-23(22)36-18)17-24(33)28-29-26(34)21-16-32(20-12-6-3-7-13-20)30-25(21)19-10-4-2-5-11-19/h2-16,18H,17H2,1H3,(H,28,33)(H,29,34). The zero-order valence-electron chi connectivity index (χ0n) is 19.4. The molecular weight excluding hydrogens is 458 g/mol. The van der Waals surface area contributed by atoms with Gasteiger partial charge in [0.1, 0.15) is 18.0 Å². The van der Waals surface area contributed by atoms with Crippen LogP contribution in [-0.2, 0) is 9.59 Å². The van der Waals surface area contributed by atoms with Crippen molar-refractivity contribution in [1.82, 2.24) is 20.6 Å². The van der Waals surface area contributed by atoms with Crippen LogP contribution in [0.4, 0.5) is 5.69 Å². The Labute approximate surface area is 207 Å². The van der Waals surface area contributed by atoms with E-state index in [0.29, 0.717) is 17.1 Å². The molecule has 1 aliphatic rings. The molecule has 36 heavy (non-hydrogen) atoms. The van der Waals surface area contributed by atoms with E-state index in [4.69, 9.17) is 4.74 Å². The van der Waals surface area contributed by atoms with Crippen molar-refractivity contribution >= 4 is 23.4 Å². The lowest BCUT2D eigenvalue weighted by atomic mass is 10.1. The molecule has 180 valence electrons. The van der Waals surface area contributed by atoms with E-state index in [1.165, 1.54) is 4.90 Å². The number of rotatable bonds is 5. The summed E-state index contributed by atoms with van der Waals surface area (Å²) >= 11 is 0. The molecule has 0 aliphatic carbocycles. The molecule has 2 heterocycles. The highest BCUT2D eigenvalue weighted by molar-refractivity contribution is 6.04. The summed E-state index contributed by atoms with van der Waals surface area (Å²) in [5, 5.41) is 4.61. The Balaban J connectivity index is 1.34. The summed E-state index contributed by atoms with van der Waals surface area (Å²) in [4.78, 5) is 39.8. The van der Waals surface area contributed by atoms with E-state index in [9.17, 15) is 14.4 Å². The number of hydrazine groups is 1. The maximum Gasteiger partial charge on any atom is 0.273 e. The maximum absolute atomic E-state index is 13.1. The van der Waals surface area contributed by atoms with E-state index in [1.807, 2.05) is 60.7 Å². The zero-order valence-corrected chi connectivity index (χ0v) is 19.4. The number of nitrogens with zero attached hydrogens (tertiary/aromatic N) is 3. The van der Waals surface area contributed by atoms with Gasteiger partial charge in [0.25, 0.3) is 17.7 Å². The third-order valence-electron chi connectivity index (χ3n) is 5.72. The number of aromatic nitrogens is 2. The van der Waals surface area contributed by atoms with E-state index in [1.54, 1.807) is 42.1 Å². The van der Waals surface area contributed by atoms with Crippen LogP contribution in [0, 0.1) is 0 Å². The minimum absolute atomic E-state index is 0.279. The van der Waals surface area contributed by atoms with Gasteiger partial charge in [0.05, 0.1) is 16.9 Å². The Morgan fingerprint density at radius 2 is 1.58 bits per heavy atom. The van der Waals surface area contributed by atoms with Gasteiger partial charge in [-0.15, -0.1) is 0 Å². The number of nitrogens with one attached hydrogen (secondary N) is 2. The van der Waals surface area contributed by atoms with Crippen LogP contribution in [0.25, 0.3) is 16.9 Å². The number of hydrogen-bond acceptors (Lipinski definition) is 5. The van der Waals surface area contributed by atoms with Crippen LogP contribution in [0.2, 0.25) is 0 Å². The largest absolute Gasteiger partial charge is 0.479 e. The maximum atomic E-state index is 13.1. The van der Waals surface area contributed by atoms with Crippen molar-refractivity contribution in [2.24, 2.45) is 0 Å². The average Bonchev–Trinajstić information content (AvgIpc) is 3.37. The monoisotopic (exact) mass is 481 g/mol. The Bertz CT molecular complexity index is 1420. The highest BCUT2D eigenvalue weighted by Gasteiger charge is 2.32. The molecule has 1 unspecified atom stereocenters. The van der Waals surface area contributed by atoms with Gasteiger partial charge in [-0.25, -0.2) is 4.68 Å². The molecule has 2 N–H and O–H groups in total. The molecule has 0 saturated carbocycles. The first kappa shape index (κ1) is 22.9. The second kappa shape index (κ2) is 9.75. The molecule has 4 aromatic rings. The van der Waals surface area contributed by atoms with E-state index < -0.39 is 17.9 Å². The average molecular weight is 482 g/mol. The quantitative estimate of drug-likeness (QED) is 0.426. The number of fused-ring (bicyclic) bond motifs is 1. The first-order valence-electron chi connectivity index (χ1n) is 11.4. The van der Waals surface area contributed by atoms with Crippen molar-refractivity contribution in [2.75, 3.05) is 11.4 Å². The van der Waals surface area contributed by atoms with E-state index >= 15 is 0 Å². The van der Waals surface area contributed by atoms with Crippen LogP contribution < -0.4 is 20.5 Å². The van der Waals surface area contributed by atoms with Crippen LogP contribution in [-0.4, -0.2) is 40.2 Å². The van der Waals surface area contributed by atoms with Gasteiger partial charge in [-0.3, -0.25) is 30.1 Å². The fourth-order valence-electron chi connectivity index (χ4n) is 3.96. The molecule has 1 atom stereocenters. The predicted octanol–water partition coefficient (Wildman–Crippen LogP) is 3.11. The van der Waals surface area contributed by atoms with Crippen LogP contribution in [0.3, 0.4) is 0 Å². The molecule has 3 aromatic carbocycles. The van der Waals surface area contributed by atoms with Crippen molar-refractivity contribution in [3.05, 3.63) is 96.7 Å². The molecule has 0 fully saturated rings. The highest BCUT2D eigenvalue weighted by atomic mass is 16.5. The first-order valence-corrected chi connectivity index (χ1v) is 11.4. The number of carbonyl (C=O) groups excluding carboxylic acids is 3. The highest BCUT2D eigenvalue weighted by Crippen LogP contribution is 2.33. The third kappa shape index (κ3) is 4.54. The minimum atomic E-state index is -0.723. The van der Waals surface area contributed by atoms with Crippen LogP contribution in [0.5, 0.6) is 5.75 Å². The van der Waals surface area contributed by atoms with Gasteiger partial charge in [-0.2, -0.15) is 5.10 Å². The summed E-state index contributed by atoms with van der Waals surface area (Å²) in [7, 11) is 0. The molecule has 0 spiro atoms. The minimum Gasteiger partial charge on any atom is -0.479 e. The Morgan fingerprint density at radius 3 is 2.33 bits per heavy atom. The van der Waals surface area contributed by atoms with Gasteiger partial charge in [0.2, 0.25) is 0 Å². The van der Waals surface area contributed by atoms with E-state index in [2.05, 4.69) is 16.0 Å². The fourth-order valence-corrected chi connectivity index (χ4v) is 3.96. The van der Waals surface area contributed by atoms with Crippen molar-refractivity contribution in [3.8, 4) is 22.7 Å². The zero-order chi connectivity index (χ0) is 25.1. The second-order valence-electron chi connectivity index (χ2n) is 8.19. The molecule has 0 saturated heterocycles. The summed E-state index contributed by atoms with van der Waals surface area (Å²) < 4.78 is 7.22. The number of para-hydroxylation sites is 3. The first-order chi connectivity index (χ1) is 17.5. The molecule has 3 amide bonds. The van der Waals surface area contributed by atoms with Crippen LogP contribution in [0.1, 0.15) is 17.3 Å². The summed E-state index contributed by atoms with van der Waals surface area (Å²) in [6, 6.07) is 25.7. The summed E-state index contributed by atoms with van der Waals surface area (Å²) in [5.74, 6) is -0.920. The van der Waals surface area contributed by atoms with Gasteiger partial charge in [-0.1, -0.05) is 60.7 Å². The van der Waals surface area contributed by atoms with Crippen molar-refractivity contribution < 1.29 is 19.1 Å². The summed E-state index contributed by atoms with van der Waals surface area (Å²) in [5.41, 5.74) is 7.66. The van der Waals surface area contributed by atoms with Crippen LogP contribution in [0.15, 0.2) is 91.1 Å². The van der Waals surface area contributed by atoms with Gasteiger partial charge < -0.3 is 4.74 Å². The Morgan fingerprint density at radius 1 is 0.917 bits per heavy atom. The molecule has 9 nitrogen and oxygen atoms in total. The Kier molecular flexibility index (Phi) is 6.19. The molecule has 0 radical (unpaired) electrons. The summed E-state index contributed by atoms with van der Waals surface area (Å²) in [6.45, 7) is 1.35. The van der Waals surface area contributed by atoms with Gasteiger partial charge >= 0.3 is 0 Å².